The number of oxazole rings is 1. The van der Waals surface area contributed by atoms with Crippen LogP contribution < -0.4 is 5.73 Å². The van der Waals surface area contributed by atoms with Gasteiger partial charge < -0.3 is 10.2 Å². The quantitative estimate of drug-likeness (QED) is 0.831. The number of benzene rings is 1. The fraction of sp³-hybridized carbons (Fsp3) is 0.562. The maximum absolute atomic E-state index is 6.56. The van der Waals surface area contributed by atoms with Crippen molar-refractivity contribution in [2.75, 3.05) is 0 Å². The molecule has 1 aromatic carbocycles. The van der Waals surface area contributed by atoms with Gasteiger partial charge in [-0.15, -0.1) is 0 Å². The molecular formula is C16H22N2O. The molecule has 1 saturated carbocycles. The first-order valence-corrected chi connectivity index (χ1v) is 7.40. The topological polar surface area (TPSA) is 52.0 Å². The molecule has 19 heavy (non-hydrogen) atoms. The molecule has 3 nitrogen and oxygen atoms in total. The molecule has 0 aliphatic heterocycles. The second kappa shape index (κ2) is 4.97. The van der Waals surface area contributed by atoms with Gasteiger partial charge in [0.25, 0.3) is 0 Å². The Morgan fingerprint density at radius 1 is 1.21 bits per heavy atom. The summed E-state index contributed by atoms with van der Waals surface area (Å²) < 4.78 is 5.93. The molecule has 0 bridgehead atoms. The van der Waals surface area contributed by atoms with Crippen LogP contribution in [-0.2, 0) is 12.0 Å². The van der Waals surface area contributed by atoms with E-state index in [0.717, 1.165) is 36.3 Å². The molecule has 1 fully saturated rings. The van der Waals surface area contributed by atoms with Crippen LogP contribution in [0.2, 0.25) is 0 Å². The standard InChI is InChI=1S/C16H22N2O/c1-2-12-7-8-14-13(11-12)18-15(19-14)16(17)9-5-3-4-6-10-16/h7-8,11H,2-6,9-10,17H2,1H3. The number of hydrogen-bond acceptors (Lipinski definition) is 3. The average Bonchev–Trinajstić information content (AvgIpc) is 2.74. The van der Waals surface area contributed by atoms with Crippen LogP contribution in [0.4, 0.5) is 0 Å². The van der Waals surface area contributed by atoms with Crippen molar-refractivity contribution in [3.63, 3.8) is 0 Å². The highest BCUT2D eigenvalue weighted by Crippen LogP contribution is 2.34. The fourth-order valence-corrected chi connectivity index (χ4v) is 2.98. The van der Waals surface area contributed by atoms with Gasteiger partial charge >= 0.3 is 0 Å². The van der Waals surface area contributed by atoms with Gasteiger partial charge in [0.15, 0.2) is 5.58 Å². The lowest BCUT2D eigenvalue weighted by Gasteiger charge is -2.23. The maximum Gasteiger partial charge on any atom is 0.215 e. The minimum Gasteiger partial charge on any atom is -0.439 e. The van der Waals surface area contributed by atoms with E-state index in [4.69, 9.17) is 10.2 Å². The normalized spacial score (nSPS) is 19.5. The number of nitrogens with two attached hydrogens (primary N) is 1. The van der Waals surface area contributed by atoms with Crippen LogP contribution in [0.1, 0.15) is 56.9 Å². The minimum absolute atomic E-state index is 0.359. The smallest absolute Gasteiger partial charge is 0.215 e. The summed E-state index contributed by atoms with van der Waals surface area (Å²) in [5.41, 5.74) is 9.30. The van der Waals surface area contributed by atoms with Crippen LogP contribution in [0.25, 0.3) is 11.1 Å². The third-order valence-corrected chi connectivity index (χ3v) is 4.28. The highest BCUT2D eigenvalue weighted by molar-refractivity contribution is 5.73. The van der Waals surface area contributed by atoms with Gasteiger partial charge in [-0.3, -0.25) is 0 Å². The Labute approximate surface area is 114 Å². The third-order valence-electron chi connectivity index (χ3n) is 4.28. The van der Waals surface area contributed by atoms with Crippen LogP contribution in [-0.4, -0.2) is 4.98 Å². The number of rotatable bonds is 2. The highest BCUT2D eigenvalue weighted by Gasteiger charge is 2.33. The van der Waals surface area contributed by atoms with Gasteiger partial charge in [0.2, 0.25) is 5.89 Å². The number of aromatic nitrogens is 1. The zero-order valence-electron chi connectivity index (χ0n) is 11.6. The largest absolute Gasteiger partial charge is 0.439 e. The molecule has 2 aromatic rings. The first kappa shape index (κ1) is 12.7. The van der Waals surface area contributed by atoms with E-state index in [1.54, 1.807) is 0 Å². The summed E-state index contributed by atoms with van der Waals surface area (Å²) in [7, 11) is 0. The summed E-state index contributed by atoms with van der Waals surface area (Å²) in [5, 5.41) is 0. The van der Waals surface area contributed by atoms with E-state index in [1.807, 2.05) is 6.07 Å². The van der Waals surface area contributed by atoms with E-state index in [9.17, 15) is 0 Å². The molecule has 102 valence electrons. The van der Waals surface area contributed by atoms with Gasteiger partial charge in [0.05, 0.1) is 5.54 Å². The number of hydrogen-bond donors (Lipinski definition) is 1. The van der Waals surface area contributed by atoms with Gasteiger partial charge in [-0.1, -0.05) is 38.7 Å². The van der Waals surface area contributed by atoms with Crippen LogP contribution in [0.3, 0.4) is 0 Å². The van der Waals surface area contributed by atoms with Gasteiger partial charge in [0, 0.05) is 0 Å². The summed E-state index contributed by atoms with van der Waals surface area (Å²) in [6.45, 7) is 2.15. The lowest BCUT2D eigenvalue weighted by molar-refractivity contribution is 0.301. The van der Waals surface area contributed by atoms with E-state index in [-0.39, 0.29) is 5.54 Å². The lowest BCUT2D eigenvalue weighted by atomic mass is 9.91. The van der Waals surface area contributed by atoms with Crippen LogP contribution in [0.5, 0.6) is 0 Å². The number of nitrogens with zero attached hydrogens (tertiary/aromatic N) is 1. The second-order valence-electron chi connectivity index (χ2n) is 5.75. The first-order valence-electron chi connectivity index (χ1n) is 7.40. The molecule has 1 aliphatic rings. The van der Waals surface area contributed by atoms with Crippen molar-refractivity contribution in [3.8, 4) is 0 Å². The third kappa shape index (κ3) is 2.39. The second-order valence-corrected chi connectivity index (χ2v) is 5.75. The summed E-state index contributed by atoms with van der Waals surface area (Å²) in [6.07, 6.45) is 7.90. The lowest BCUT2D eigenvalue weighted by Crippen LogP contribution is -2.36. The molecule has 1 heterocycles. The van der Waals surface area contributed by atoms with Crippen LogP contribution >= 0.6 is 0 Å². The molecule has 0 amide bonds. The molecule has 0 saturated heterocycles. The van der Waals surface area contributed by atoms with E-state index in [0.29, 0.717) is 0 Å². The zero-order valence-corrected chi connectivity index (χ0v) is 11.6. The van der Waals surface area contributed by atoms with Crippen molar-refractivity contribution in [2.24, 2.45) is 5.73 Å². The summed E-state index contributed by atoms with van der Waals surface area (Å²) in [6, 6.07) is 6.24. The van der Waals surface area contributed by atoms with Crippen molar-refractivity contribution in [2.45, 2.75) is 57.4 Å². The summed E-state index contributed by atoms with van der Waals surface area (Å²) in [4.78, 5) is 4.67. The molecule has 0 radical (unpaired) electrons. The fourth-order valence-electron chi connectivity index (χ4n) is 2.98. The molecule has 3 heteroatoms. The Morgan fingerprint density at radius 2 is 1.95 bits per heavy atom. The SMILES string of the molecule is CCc1ccc2oc(C3(N)CCCCCC3)nc2c1. The van der Waals surface area contributed by atoms with E-state index in [2.05, 4.69) is 24.0 Å². The average molecular weight is 258 g/mol. The Hall–Kier alpha value is -1.35. The molecule has 0 atom stereocenters. The van der Waals surface area contributed by atoms with Crippen LogP contribution in [0, 0.1) is 0 Å². The monoisotopic (exact) mass is 258 g/mol. The number of fused-ring (bicyclic) bond motifs is 1. The Morgan fingerprint density at radius 3 is 2.63 bits per heavy atom. The van der Waals surface area contributed by atoms with Crippen molar-refractivity contribution < 1.29 is 4.42 Å². The van der Waals surface area contributed by atoms with Crippen molar-refractivity contribution in [1.82, 2.24) is 4.98 Å². The molecule has 2 N–H and O–H groups in total. The molecular weight excluding hydrogens is 236 g/mol. The van der Waals surface area contributed by atoms with Crippen molar-refractivity contribution >= 4 is 11.1 Å². The zero-order chi connectivity index (χ0) is 13.3. The molecule has 1 aliphatic carbocycles. The number of aryl methyl sites for hydroxylation is 1. The molecule has 0 spiro atoms. The molecule has 1 aromatic heterocycles. The predicted molar refractivity (Wildman–Crippen MR) is 77.0 cm³/mol. The van der Waals surface area contributed by atoms with Gasteiger partial charge in [-0.05, 0) is 37.0 Å². The Kier molecular flexibility index (Phi) is 3.31. The minimum atomic E-state index is -0.359. The highest BCUT2D eigenvalue weighted by atomic mass is 16.4. The first-order chi connectivity index (χ1) is 9.21. The van der Waals surface area contributed by atoms with Crippen molar-refractivity contribution in [1.29, 1.82) is 0 Å². The van der Waals surface area contributed by atoms with Crippen molar-refractivity contribution in [3.05, 3.63) is 29.7 Å². The van der Waals surface area contributed by atoms with Gasteiger partial charge in [0.1, 0.15) is 5.52 Å². The Bertz CT molecular complexity index is 565. The molecule has 0 unspecified atom stereocenters. The predicted octanol–water partition coefficient (Wildman–Crippen LogP) is 3.90. The van der Waals surface area contributed by atoms with Gasteiger partial charge in [-0.25, -0.2) is 4.98 Å². The van der Waals surface area contributed by atoms with E-state index in [1.165, 1.54) is 31.2 Å². The summed E-state index contributed by atoms with van der Waals surface area (Å²) in [5.74, 6) is 0.734. The molecule has 3 rings (SSSR count). The van der Waals surface area contributed by atoms with E-state index < -0.39 is 0 Å². The van der Waals surface area contributed by atoms with E-state index >= 15 is 0 Å². The Balaban J connectivity index is 1.99. The maximum atomic E-state index is 6.56. The van der Waals surface area contributed by atoms with Gasteiger partial charge in [-0.2, -0.15) is 0 Å². The van der Waals surface area contributed by atoms with Crippen LogP contribution in [0.15, 0.2) is 22.6 Å². The summed E-state index contributed by atoms with van der Waals surface area (Å²) >= 11 is 0.